The van der Waals surface area contributed by atoms with E-state index in [1.54, 1.807) is 0 Å². The van der Waals surface area contributed by atoms with E-state index in [0.717, 1.165) is 37.5 Å². The summed E-state index contributed by atoms with van der Waals surface area (Å²) in [6.07, 6.45) is 2.00. The Balaban J connectivity index is 1.88. The predicted octanol–water partition coefficient (Wildman–Crippen LogP) is 2.93. The van der Waals surface area contributed by atoms with Crippen molar-refractivity contribution in [3.8, 4) is 0 Å². The number of hydrogen-bond acceptors (Lipinski definition) is 2. The van der Waals surface area contributed by atoms with Crippen LogP contribution in [-0.2, 0) is 6.54 Å². The van der Waals surface area contributed by atoms with Crippen LogP contribution < -0.4 is 0 Å². The van der Waals surface area contributed by atoms with E-state index in [4.69, 9.17) is 11.6 Å². The van der Waals surface area contributed by atoms with Crippen LogP contribution in [-0.4, -0.2) is 29.2 Å². The molecule has 1 fully saturated rings. The number of aliphatic hydroxyl groups excluding tert-OH is 1. The fraction of sp³-hybridized carbons (Fsp3) is 0.571. The molecule has 0 amide bonds. The Kier molecular flexibility index (Phi) is 4.43. The molecule has 1 heterocycles. The van der Waals surface area contributed by atoms with Crippen molar-refractivity contribution in [1.29, 1.82) is 0 Å². The van der Waals surface area contributed by atoms with Crippen LogP contribution in [0.3, 0.4) is 0 Å². The Labute approximate surface area is 108 Å². The van der Waals surface area contributed by atoms with Gasteiger partial charge in [-0.1, -0.05) is 29.8 Å². The number of piperidine rings is 1. The van der Waals surface area contributed by atoms with Gasteiger partial charge >= 0.3 is 0 Å². The number of likely N-dealkylation sites (tertiary alicyclic amines) is 1. The molecular formula is C14H20ClNO. The van der Waals surface area contributed by atoms with Gasteiger partial charge in [0.15, 0.2) is 0 Å². The van der Waals surface area contributed by atoms with Crippen LogP contribution in [0.25, 0.3) is 0 Å². The maximum absolute atomic E-state index is 9.56. The molecule has 1 aliphatic heterocycles. The molecule has 0 radical (unpaired) electrons. The lowest BCUT2D eigenvalue weighted by atomic mass is 9.92. The summed E-state index contributed by atoms with van der Waals surface area (Å²) in [4.78, 5) is 2.42. The van der Waals surface area contributed by atoms with Crippen LogP contribution in [0.4, 0.5) is 0 Å². The summed E-state index contributed by atoms with van der Waals surface area (Å²) in [5, 5.41) is 10.4. The molecule has 1 atom stereocenters. The molecule has 2 rings (SSSR count). The summed E-state index contributed by atoms with van der Waals surface area (Å²) >= 11 is 6.16. The van der Waals surface area contributed by atoms with Gasteiger partial charge in [0.05, 0.1) is 6.10 Å². The van der Waals surface area contributed by atoms with Crippen molar-refractivity contribution in [2.24, 2.45) is 5.92 Å². The molecule has 1 aromatic rings. The Hall–Kier alpha value is -0.570. The van der Waals surface area contributed by atoms with E-state index in [1.165, 1.54) is 5.56 Å². The monoisotopic (exact) mass is 253 g/mol. The number of halogens is 1. The van der Waals surface area contributed by atoms with Crippen molar-refractivity contribution in [3.63, 3.8) is 0 Å². The molecule has 0 aromatic heterocycles. The Morgan fingerprint density at radius 3 is 2.59 bits per heavy atom. The van der Waals surface area contributed by atoms with Gasteiger partial charge in [0.1, 0.15) is 0 Å². The highest BCUT2D eigenvalue weighted by atomic mass is 35.5. The molecule has 94 valence electrons. The molecule has 1 N–H and O–H groups in total. The predicted molar refractivity (Wildman–Crippen MR) is 71.1 cm³/mol. The summed E-state index contributed by atoms with van der Waals surface area (Å²) < 4.78 is 0. The first-order valence-corrected chi connectivity index (χ1v) is 6.68. The normalized spacial score (nSPS) is 20.4. The Bertz CT molecular complexity index is 359. The van der Waals surface area contributed by atoms with Gasteiger partial charge in [-0.2, -0.15) is 0 Å². The molecule has 1 saturated heterocycles. The first kappa shape index (κ1) is 12.9. The Morgan fingerprint density at radius 2 is 2.00 bits per heavy atom. The molecule has 1 unspecified atom stereocenters. The van der Waals surface area contributed by atoms with E-state index in [1.807, 2.05) is 25.1 Å². The summed E-state index contributed by atoms with van der Waals surface area (Å²) in [7, 11) is 0. The van der Waals surface area contributed by atoms with Gasteiger partial charge in [0, 0.05) is 11.6 Å². The zero-order valence-corrected chi connectivity index (χ0v) is 11.0. The molecule has 0 saturated carbocycles. The van der Waals surface area contributed by atoms with Crippen molar-refractivity contribution in [1.82, 2.24) is 4.90 Å². The van der Waals surface area contributed by atoms with Crippen molar-refractivity contribution in [2.75, 3.05) is 13.1 Å². The van der Waals surface area contributed by atoms with E-state index < -0.39 is 0 Å². The van der Waals surface area contributed by atoms with Crippen LogP contribution in [0.2, 0.25) is 5.02 Å². The minimum Gasteiger partial charge on any atom is -0.393 e. The highest BCUT2D eigenvalue weighted by molar-refractivity contribution is 6.31. The van der Waals surface area contributed by atoms with Crippen LogP contribution >= 0.6 is 11.6 Å². The number of benzene rings is 1. The largest absolute Gasteiger partial charge is 0.393 e. The van der Waals surface area contributed by atoms with E-state index in [-0.39, 0.29) is 6.10 Å². The average molecular weight is 254 g/mol. The SMILES string of the molecule is CC(O)C1CCN(Cc2ccccc2Cl)CC1. The second-order valence-electron chi connectivity index (χ2n) is 4.95. The second kappa shape index (κ2) is 5.85. The first-order valence-electron chi connectivity index (χ1n) is 6.30. The highest BCUT2D eigenvalue weighted by Gasteiger charge is 2.22. The standard InChI is InChI=1S/C14H20ClNO/c1-11(17)12-6-8-16(9-7-12)10-13-4-2-3-5-14(13)15/h2-5,11-12,17H,6-10H2,1H3. The van der Waals surface area contributed by atoms with Crippen molar-refractivity contribution in [3.05, 3.63) is 34.9 Å². The zero-order valence-electron chi connectivity index (χ0n) is 10.3. The van der Waals surface area contributed by atoms with E-state index in [9.17, 15) is 5.11 Å². The summed E-state index contributed by atoms with van der Waals surface area (Å²) in [6, 6.07) is 8.03. The van der Waals surface area contributed by atoms with Crippen molar-refractivity contribution < 1.29 is 5.11 Å². The van der Waals surface area contributed by atoms with E-state index in [0.29, 0.717) is 5.92 Å². The van der Waals surface area contributed by atoms with Gasteiger partial charge in [0.2, 0.25) is 0 Å². The molecule has 0 spiro atoms. The molecule has 17 heavy (non-hydrogen) atoms. The molecule has 0 bridgehead atoms. The third-order valence-electron chi connectivity index (χ3n) is 3.67. The lowest BCUT2D eigenvalue weighted by Crippen LogP contribution is -2.36. The van der Waals surface area contributed by atoms with E-state index >= 15 is 0 Å². The third kappa shape index (κ3) is 3.44. The lowest BCUT2D eigenvalue weighted by Gasteiger charge is -2.33. The molecule has 0 aliphatic carbocycles. The van der Waals surface area contributed by atoms with Crippen LogP contribution in [0, 0.1) is 5.92 Å². The molecule has 1 aliphatic rings. The van der Waals surface area contributed by atoms with Gasteiger partial charge < -0.3 is 5.11 Å². The summed E-state index contributed by atoms with van der Waals surface area (Å²) in [5.74, 6) is 0.470. The third-order valence-corrected chi connectivity index (χ3v) is 4.03. The molecular weight excluding hydrogens is 234 g/mol. The van der Waals surface area contributed by atoms with Crippen molar-refractivity contribution >= 4 is 11.6 Å². The summed E-state index contributed by atoms with van der Waals surface area (Å²) in [5.41, 5.74) is 1.20. The van der Waals surface area contributed by atoms with Crippen LogP contribution in [0.5, 0.6) is 0 Å². The first-order chi connectivity index (χ1) is 8.16. The van der Waals surface area contributed by atoms with E-state index in [2.05, 4.69) is 11.0 Å². The minimum atomic E-state index is -0.169. The van der Waals surface area contributed by atoms with Gasteiger partial charge in [-0.3, -0.25) is 4.90 Å². The minimum absolute atomic E-state index is 0.169. The number of nitrogens with zero attached hydrogens (tertiary/aromatic N) is 1. The van der Waals surface area contributed by atoms with Crippen molar-refractivity contribution in [2.45, 2.75) is 32.4 Å². The smallest absolute Gasteiger partial charge is 0.0541 e. The fourth-order valence-corrected chi connectivity index (χ4v) is 2.66. The molecule has 2 nitrogen and oxygen atoms in total. The van der Waals surface area contributed by atoms with Gasteiger partial charge in [-0.25, -0.2) is 0 Å². The summed E-state index contributed by atoms with van der Waals surface area (Å²) in [6.45, 7) is 4.93. The molecule has 3 heteroatoms. The average Bonchev–Trinajstić information content (AvgIpc) is 2.33. The quantitative estimate of drug-likeness (QED) is 0.895. The van der Waals surface area contributed by atoms with Gasteiger partial charge in [0.25, 0.3) is 0 Å². The number of hydrogen-bond donors (Lipinski definition) is 1. The van der Waals surface area contributed by atoms with Crippen LogP contribution in [0.15, 0.2) is 24.3 Å². The fourth-order valence-electron chi connectivity index (χ4n) is 2.46. The van der Waals surface area contributed by atoms with Gasteiger partial charge in [-0.05, 0) is 50.4 Å². The molecule has 1 aromatic carbocycles. The topological polar surface area (TPSA) is 23.5 Å². The maximum Gasteiger partial charge on any atom is 0.0541 e. The number of rotatable bonds is 3. The van der Waals surface area contributed by atoms with Gasteiger partial charge in [-0.15, -0.1) is 0 Å². The lowest BCUT2D eigenvalue weighted by molar-refractivity contribution is 0.0695. The number of aliphatic hydroxyl groups is 1. The van der Waals surface area contributed by atoms with Crippen LogP contribution in [0.1, 0.15) is 25.3 Å². The second-order valence-corrected chi connectivity index (χ2v) is 5.35. The zero-order chi connectivity index (χ0) is 12.3. The Morgan fingerprint density at radius 1 is 1.35 bits per heavy atom. The highest BCUT2D eigenvalue weighted by Crippen LogP contribution is 2.23. The maximum atomic E-state index is 9.56.